The minimum atomic E-state index is 0.425. The first-order chi connectivity index (χ1) is 9.72. The van der Waals surface area contributed by atoms with Crippen molar-refractivity contribution in [1.29, 1.82) is 5.26 Å². The third-order valence-electron chi connectivity index (χ3n) is 3.04. The fourth-order valence-corrected chi connectivity index (χ4v) is 2.03. The minimum absolute atomic E-state index is 0.425. The van der Waals surface area contributed by atoms with Crippen molar-refractivity contribution in [2.75, 3.05) is 5.73 Å². The van der Waals surface area contributed by atoms with Crippen LogP contribution in [0.3, 0.4) is 0 Å². The smallest absolute Gasteiger partial charge is 0.168 e. The summed E-state index contributed by atoms with van der Waals surface area (Å²) < 4.78 is 1.67. The molecule has 0 amide bonds. The van der Waals surface area contributed by atoms with Crippen LogP contribution in [0.25, 0.3) is 16.7 Å². The van der Waals surface area contributed by atoms with Gasteiger partial charge < -0.3 is 5.73 Å². The van der Waals surface area contributed by atoms with Crippen LogP contribution in [0.2, 0.25) is 0 Å². The highest BCUT2D eigenvalue weighted by Gasteiger charge is 2.11. The fraction of sp³-hybridized carbons (Fsp3) is 0.143. The molecule has 0 bridgehead atoms. The maximum Gasteiger partial charge on any atom is 0.168 e. The number of nitrogen functional groups attached to an aromatic ring is 1. The van der Waals surface area contributed by atoms with Gasteiger partial charge >= 0.3 is 0 Å². The van der Waals surface area contributed by atoms with Crippen LogP contribution in [-0.2, 0) is 6.42 Å². The Morgan fingerprint density at radius 3 is 2.95 bits per heavy atom. The molecule has 6 nitrogen and oxygen atoms in total. The molecule has 0 atom stereocenters. The predicted molar refractivity (Wildman–Crippen MR) is 75.2 cm³/mol. The number of benzene rings is 1. The van der Waals surface area contributed by atoms with Crippen LogP contribution in [0.1, 0.15) is 18.3 Å². The van der Waals surface area contributed by atoms with E-state index in [-0.39, 0.29) is 0 Å². The third-order valence-corrected chi connectivity index (χ3v) is 3.04. The Balaban J connectivity index is 2.26. The lowest BCUT2D eigenvalue weighted by molar-refractivity contribution is 0.877. The molecule has 0 aliphatic heterocycles. The highest BCUT2D eigenvalue weighted by atomic mass is 15.3. The molecule has 98 valence electrons. The zero-order valence-electron chi connectivity index (χ0n) is 10.9. The molecule has 0 saturated carbocycles. The summed E-state index contributed by atoms with van der Waals surface area (Å²) in [5, 5.41) is 14.0. The first-order valence-electron chi connectivity index (χ1n) is 6.23. The molecule has 2 aromatic heterocycles. The summed E-state index contributed by atoms with van der Waals surface area (Å²) >= 11 is 0. The molecule has 2 heterocycles. The van der Waals surface area contributed by atoms with Crippen LogP contribution in [0.15, 0.2) is 30.5 Å². The number of aromatic nitrogens is 4. The molecule has 2 N–H and O–H groups in total. The Labute approximate surface area is 115 Å². The van der Waals surface area contributed by atoms with Gasteiger partial charge in [0.05, 0.1) is 28.9 Å². The average Bonchev–Trinajstić information content (AvgIpc) is 2.91. The largest absolute Gasteiger partial charge is 0.383 e. The maximum absolute atomic E-state index is 8.97. The second kappa shape index (κ2) is 4.63. The van der Waals surface area contributed by atoms with Crippen molar-refractivity contribution in [1.82, 2.24) is 19.7 Å². The van der Waals surface area contributed by atoms with Crippen LogP contribution < -0.4 is 5.73 Å². The van der Waals surface area contributed by atoms with E-state index >= 15 is 0 Å². The van der Waals surface area contributed by atoms with E-state index in [0.717, 1.165) is 5.69 Å². The molecule has 0 unspecified atom stereocenters. The van der Waals surface area contributed by atoms with Gasteiger partial charge in [-0.1, -0.05) is 13.0 Å². The van der Waals surface area contributed by atoms with E-state index in [2.05, 4.69) is 21.1 Å². The van der Waals surface area contributed by atoms with E-state index in [4.69, 9.17) is 11.0 Å². The maximum atomic E-state index is 8.97. The summed E-state index contributed by atoms with van der Waals surface area (Å²) in [5.74, 6) is 1.10. The molecule has 0 aliphatic rings. The second-order valence-corrected chi connectivity index (χ2v) is 4.33. The Kier molecular flexibility index (Phi) is 2.80. The summed E-state index contributed by atoms with van der Waals surface area (Å²) in [5.41, 5.74) is 7.93. The van der Waals surface area contributed by atoms with Gasteiger partial charge in [0.1, 0.15) is 11.6 Å². The van der Waals surface area contributed by atoms with Gasteiger partial charge in [0.25, 0.3) is 0 Å². The van der Waals surface area contributed by atoms with Crippen LogP contribution in [-0.4, -0.2) is 19.7 Å². The van der Waals surface area contributed by atoms with Crippen molar-refractivity contribution in [3.8, 4) is 11.8 Å². The summed E-state index contributed by atoms with van der Waals surface area (Å²) in [4.78, 5) is 8.69. The SMILES string of the molecule is CCc1nc(N)c2cnn(-c3cccc(C#N)c3)c2n1. The van der Waals surface area contributed by atoms with E-state index in [1.165, 1.54) is 0 Å². The zero-order valence-corrected chi connectivity index (χ0v) is 10.9. The lowest BCUT2D eigenvalue weighted by atomic mass is 10.2. The standard InChI is InChI=1S/C14H12N6/c1-2-12-18-13(16)11-8-17-20(14(11)19-12)10-5-3-4-9(6-10)7-15/h3-6,8H,2H2,1H3,(H2,16,18,19). The van der Waals surface area contributed by atoms with Crippen LogP contribution in [0, 0.1) is 11.3 Å². The van der Waals surface area contributed by atoms with E-state index < -0.39 is 0 Å². The van der Waals surface area contributed by atoms with Gasteiger partial charge in [-0.2, -0.15) is 10.4 Å². The quantitative estimate of drug-likeness (QED) is 0.762. The van der Waals surface area contributed by atoms with E-state index in [1.807, 2.05) is 19.1 Å². The molecule has 0 radical (unpaired) electrons. The molecule has 0 aliphatic carbocycles. The van der Waals surface area contributed by atoms with Gasteiger partial charge in [-0.3, -0.25) is 0 Å². The van der Waals surface area contributed by atoms with Crippen LogP contribution >= 0.6 is 0 Å². The molecule has 20 heavy (non-hydrogen) atoms. The van der Waals surface area contributed by atoms with Crippen molar-refractivity contribution in [2.45, 2.75) is 13.3 Å². The normalized spacial score (nSPS) is 10.6. The number of rotatable bonds is 2. The number of hydrogen-bond donors (Lipinski definition) is 1. The van der Waals surface area contributed by atoms with Crippen LogP contribution in [0.4, 0.5) is 5.82 Å². The molecule has 1 aromatic carbocycles. The molecule has 6 heteroatoms. The van der Waals surface area contributed by atoms with Crippen molar-refractivity contribution < 1.29 is 0 Å². The summed E-state index contributed by atoms with van der Waals surface area (Å²) in [6.07, 6.45) is 2.34. The van der Waals surface area contributed by atoms with Crippen molar-refractivity contribution in [3.05, 3.63) is 41.9 Å². The first kappa shape index (κ1) is 12.1. The molecule has 3 aromatic rings. The molecular weight excluding hydrogens is 252 g/mol. The van der Waals surface area contributed by atoms with Gasteiger partial charge in [0.15, 0.2) is 5.65 Å². The van der Waals surface area contributed by atoms with Crippen molar-refractivity contribution in [3.63, 3.8) is 0 Å². The Hall–Kier alpha value is -2.94. The zero-order chi connectivity index (χ0) is 14.1. The molecule has 3 rings (SSSR count). The van der Waals surface area contributed by atoms with Crippen LogP contribution in [0.5, 0.6) is 0 Å². The van der Waals surface area contributed by atoms with Crippen molar-refractivity contribution >= 4 is 16.9 Å². The number of nitriles is 1. The Morgan fingerprint density at radius 2 is 2.20 bits per heavy atom. The number of nitrogens with two attached hydrogens (primary N) is 1. The average molecular weight is 264 g/mol. The number of fused-ring (bicyclic) bond motifs is 1. The van der Waals surface area contributed by atoms with Gasteiger partial charge in [-0.25, -0.2) is 14.6 Å². The van der Waals surface area contributed by atoms with E-state index in [0.29, 0.717) is 34.7 Å². The predicted octanol–water partition coefficient (Wildman–Crippen LogP) is 1.83. The lowest BCUT2D eigenvalue weighted by Crippen LogP contribution is -2.03. The molecule has 0 spiro atoms. The third kappa shape index (κ3) is 1.86. The van der Waals surface area contributed by atoms with Crippen molar-refractivity contribution in [2.24, 2.45) is 0 Å². The van der Waals surface area contributed by atoms with Gasteiger partial charge in [-0.15, -0.1) is 0 Å². The minimum Gasteiger partial charge on any atom is -0.383 e. The molecular formula is C14H12N6. The summed E-state index contributed by atoms with van der Waals surface area (Å²) in [7, 11) is 0. The number of anilines is 1. The fourth-order valence-electron chi connectivity index (χ4n) is 2.03. The van der Waals surface area contributed by atoms with E-state index in [1.54, 1.807) is 23.0 Å². The lowest BCUT2D eigenvalue weighted by Gasteiger charge is -2.05. The highest BCUT2D eigenvalue weighted by molar-refractivity contribution is 5.86. The van der Waals surface area contributed by atoms with Gasteiger partial charge in [0, 0.05) is 6.42 Å². The highest BCUT2D eigenvalue weighted by Crippen LogP contribution is 2.21. The monoisotopic (exact) mass is 264 g/mol. The molecule has 0 saturated heterocycles. The first-order valence-corrected chi connectivity index (χ1v) is 6.23. The second-order valence-electron chi connectivity index (χ2n) is 4.33. The Bertz CT molecular complexity index is 827. The van der Waals surface area contributed by atoms with Gasteiger partial charge in [-0.05, 0) is 18.2 Å². The summed E-state index contributed by atoms with van der Waals surface area (Å²) in [6, 6.07) is 9.30. The number of aryl methyl sites for hydroxylation is 1. The molecule has 0 fully saturated rings. The van der Waals surface area contributed by atoms with Gasteiger partial charge in [0.2, 0.25) is 0 Å². The summed E-state index contributed by atoms with van der Waals surface area (Å²) in [6.45, 7) is 1.97. The topological polar surface area (TPSA) is 93.4 Å². The number of nitrogens with zero attached hydrogens (tertiary/aromatic N) is 5. The Morgan fingerprint density at radius 1 is 1.35 bits per heavy atom. The number of hydrogen-bond acceptors (Lipinski definition) is 5. The van der Waals surface area contributed by atoms with E-state index in [9.17, 15) is 0 Å².